The summed E-state index contributed by atoms with van der Waals surface area (Å²) in [6, 6.07) is 8.71. The van der Waals surface area contributed by atoms with Gasteiger partial charge in [-0.15, -0.1) is 0 Å². The van der Waals surface area contributed by atoms with Crippen molar-refractivity contribution in [3.8, 4) is 11.6 Å². The van der Waals surface area contributed by atoms with Gasteiger partial charge in [-0.05, 0) is 49.4 Å². The molecule has 1 aliphatic carbocycles. The standard InChI is InChI=1S/C18H18FNO3/c1-2-22-18(21)14-10-16(19)17(20-11-14)23-15-8-6-13(7-9-15)12-4-3-5-12/h6-12H,2-5H2,1H3. The van der Waals surface area contributed by atoms with E-state index >= 15 is 0 Å². The number of hydrogen-bond acceptors (Lipinski definition) is 4. The second-order valence-electron chi connectivity index (χ2n) is 5.53. The number of ether oxygens (including phenoxy) is 2. The zero-order chi connectivity index (χ0) is 16.2. The van der Waals surface area contributed by atoms with E-state index in [4.69, 9.17) is 9.47 Å². The summed E-state index contributed by atoms with van der Waals surface area (Å²) in [6.07, 6.45) is 4.99. The highest BCUT2D eigenvalue weighted by molar-refractivity contribution is 5.89. The van der Waals surface area contributed by atoms with Crippen molar-refractivity contribution >= 4 is 5.97 Å². The van der Waals surface area contributed by atoms with Gasteiger partial charge in [0.05, 0.1) is 12.2 Å². The molecule has 0 radical (unpaired) electrons. The van der Waals surface area contributed by atoms with Crippen molar-refractivity contribution in [2.75, 3.05) is 6.61 Å². The molecule has 1 saturated carbocycles. The molecule has 1 aromatic carbocycles. The summed E-state index contributed by atoms with van der Waals surface area (Å²) in [7, 11) is 0. The van der Waals surface area contributed by atoms with Gasteiger partial charge in [0, 0.05) is 6.20 Å². The van der Waals surface area contributed by atoms with Gasteiger partial charge in [-0.3, -0.25) is 0 Å². The Bertz CT molecular complexity index is 696. The summed E-state index contributed by atoms with van der Waals surface area (Å²) in [6.45, 7) is 1.92. The number of hydrogen-bond donors (Lipinski definition) is 0. The van der Waals surface area contributed by atoms with Gasteiger partial charge in [0.15, 0.2) is 5.82 Å². The number of nitrogens with zero attached hydrogens (tertiary/aromatic N) is 1. The molecule has 23 heavy (non-hydrogen) atoms. The van der Waals surface area contributed by atoms with Crippen LogP contribution in [0, 0.1) is 5.82 Å². The van der Waals surface area contributed by atoms with Crippen LogP contribution < -0.4 is 4.74 Å². The highest BCUT2D eigenvalue weighted by atomic mass is 19.1. The lowest BCUT2D eigenvalue weighted by molar-refractivity contribution is 0.0525. The van der Waals surface area contributed by atoms with Crippen LogP contribution in [0.3, 0.4) is 0 Å². The summed E-state index contributed by atoms with van der Waals surface area (Å²) >= 11 is 0. The summed E-state index contributed by atoms with van der Waals surface area (Å²) in [5, 5.41) is 0. The number of esters is 1. The van der Waals surface area contributed by atoms with Gasteiger partial charge in [0.25, 0.3) is 5.88 Å². The Labute approximate surface area is 134 Å². The third kappa shape index (κ3) is 3.50. The number of carbonyl (C=O) groups excluding carboxylic acids is 1. The number of carbonyl (C=O) groups is 1. The van der Waals surface area contributed by atoms with Crippen molar-refractivity contribution in [3.63, 3.8) is 0 Å². The summed E-state index contributed by atoms with van der Waals surface area (Å²) < 4.78 is 24.3. The highest BCUT2D eigenvalue weighted by Gasteiger charge is 2.19. The minimum atomic E-state index is -0.696. The first-order valence-electron chi connectivity index (χ1n) is 7.78. The second-order valence-corrected chi connectivity index (χ2v) is 5.53. The molecule has 120 valence electrons. The normalized spacial score (nSPS) is 14.2. The minimum Gasteiger partial charge on any atom is -0.462 e. The summed E-state index contributed by atoms with van der Waals surface area (Å²) in [4.78, 5) is 15.4. The van der Waals surface area contributed by atoms with Crippen LogP contribution in [0.25, 0.3) is 0 Å². The first-order chi connectivity index (χ1) is 11.2. The SMILES string of the molecule is CCOC(=O)c1cnc(Oc2ccc(C3CCC3)cc2)c(F)c1. The van der Waals surface area contributed by atoms with Crippen molar-refractivity contribution < 1.29 is 18.7 Å². The number of aromatic nitrogens is 1. The van der Waals surface area contributed by atoms with Crippen molar-refractivity contribution in [1.82, 2.24) is 4.98 Å². The molecule has 0 saturated heterocycles. The largest absolute Gasteiger partial charge is 0.462 e. The molecule has 1 fully saturated rings. The predicted octanol–water partition coefficient (Wildman–Crippen LogP) is 4.46. The zero-order valence-electron chi connectivity index (χ0n) is 12.9. The van der Waals surface area contributed by atoms with Crippen molar-refractivity contribution in [1.29, 1.82) is 0 Å². The Hall–Kier alpha value is -2.43. The van der Waals surface area contributed by atoms with Crippen LogP contribution in [-0.4, -0.2) is 17.6 Å². The van der Waals surface area contributed by atoms with Gasteiger partial charge in [-0.25, -0.2) is 14.2 Å². The lowest BCUT2D eigenvalue weighted by Crippen LogP contribution is -2.08. The van der Waals surface area contributed by atoms with Gasteiger partial charge in [0.1, 0.15) is 5.75 Å². The molecule has 3 rings (SSSR count). The van der Waals surface area contributed by atoms with Crippen LogP contribution in [0.2, 0.25) is 0 Å². The molecule has 1 aromatic heterocycles. The smallest absolute Gasteiger partial charge is 0.339 e. The third-order valence-corrected chi connectivity index (χ3v) is 3.99. The lowest BCUT2D eigenvalue weighted by atomic mass is 9.80. The predicted molar refractivity (Wildman–Crippen MR) is 83.3 cm³/mol. The fraction of sp³-hybridized carbons (Fsp3) is 0.333. The Balaban J connectivity index is 1.70. The van der Waals surface area contributed by atoms with Crippen LogP contribution in [0.1, 0.15) is 48.0 Å². The van der Waals surface area contributed by atoms with E-state index in [-0.39, 0.29) is 18.1 Å². The molecule has 4 nitrogen and oxygen atoms in total. The molecule has 0 unspecified atom stereocenters. The van der Waals surface area contributed by atoms with E-state index in [0.717, 1.165) is 6.07 Å². The topological polar surface area (TPSA) is 48.4 Å². The maximum absolute atomic E-state index is 14.0. The minimum absolute atomic E-state index is 0.0667. The average Bonchev–Trinajstić information content (AvgIpc) is 2.49. The Morgan fingerprint density at radius 1 is 1.30 bits per heavy atom. The molecule has 2 aromatic rings. The molecule has 0 N–H and O–H groups in total. The van der Waals surface area contributed by atoms with E-state index in [0.29, 0.717) is 11.7 Å². The third-order valence-electron chi connectivity index (χ3n) is 3.99. The molecule has 5 heteroatoms. The Kier molecular flexibility index (Phi) is 4.55. The second kappa shape index (κ2) is 6.77. The summed E-state index contributed by atoms with van der Waals surface area (Å²) in [5.74, 6) is -0.297. The van der Waals surface area contributed by atoms with E-state index < -0.39 is 11.8 Å². The van der Waals surface area contributed by atoms with E-state index in [2.05, 4.69) is 4.98 Å². The molecule has 0 amide bonds. The van der Waals surface area contributed by atoms with Crippen molar-refractivity contribution in [2.24, 2.45) is 0 Å². The average molecular weight is 315 g/mol. The van der Waals surface area contributed by atoms with Crippen LogP contribution in [-0.2, 0) is 4.74 Å². The maximum Gasteiger partial charge on any atom is 0.339 e. The van der Waals surface area contributed by atoms with Gasteiger partial charge < -0.3 is 9.47 Å². The molecule has 0 spiro atoms. The monoisotopic (exact) mass is 315 g/mol. The lowest BCUT2D eigenvalue weighted by Gasteiger charge is -2.25. The molecule has 1 aliphatic rings. The summed E-state index contributed by atoms with van der Waals surface area (Å²) in [5.41, 5.74) is 1.35. The molecule has 0 aliphatic heterocycles. The number of rotatable bonds is 5. The van der Waals surface area contributed by atoms with Crippen LogP contribution in [0.5, 0.6) is 11.6 Å². The first-order valence-corrected chi connectivity index (χ1v) is 7.78. The highest BCUT2D eigenvalue weighted by Crippen LogP contribution is 2.37. The van der Waals surface area contributed by atoms with Crippen LogP contribution in [0.15, 0.2) is 36.5 Å². The molecular weight excluding hydrogens is 297 g/mol. The van der Waals surface area contributed by atoms with Gasteiger partial charge in [0.2, 0.25) is 0 Å². The van der Waals surface area contributed by atoms with Crippen LogP contribution >= 0.6 is 0 Å². The molecular formula is C18H18FNO3. The van der Waals surface area contributed by atoms with Crippen LogP contribution in [0.4, 0.5) is 4.39 Å². The number of pyridine rings is 1. The van der Waals surface area contributed by atoms with Gasteiger partial charge in [-0.2, -0.15) is 0 Å². The quantitative estimate of drug-likeness (QED) is 0.764. The van der Waals surface area contributed by atoms with Crippen molar-refractivity contribution in [2.45, 2.75) is 32.1 Å². The molecule has 0 bridgehead atoms. The maximum atomic E-state index is 14.0. The molecule has 0 atom stereocenters. The van der Waals surface area contributed by atoms with E-state index in [1.165, 1.54) is 31.0 Å². The zero-order valence-corrected chi connectivity index (χ0v) is 12.9. The fourth-order valence-electron chi connectivity index (χ4n) is 2.49. The number of halogens is 1. The van der Waals surface area contributed by atoms with E-state index in [9.17, 15) is 9.18 Å². The first kappa shape index (κ1) is 15.5. The van der Waals surface area contributed by atoms with Gasteiger partial charge in [-0.1, -0.05) is 18.6 Å². The molecule has 1 heterocycles. The van der Waals surface area contributed by atoms with E-state index in [1.54, 1.807) is 6.92 Å². The van der Waals surface area contributed by atoms with E-state index in [1.807, 2.05) is 24.3 Å². The Morgan fingerprint density at radius 3 is 2.61 bits per heavy atom. The van der Waals surface area contributed by atoms with Gasteiger partial charge >= 0.3 is 5.97 Å². The Morgan fingerprint density at radius 2 is 2.04 bits per heavy atom. The van der Waals surface area contributed by atoms with Crippen molar-refractivity contribution in [3.05, 3.63) is 53.5 Å². The number of benzene rings is 1. The fourth-order valence-corrected chi connectivity index (χ4v) is 2.49.